The van der Waals surface area contributed by atoms with Gasteiger partial charge in [0.2, 0.25) is 0 Å². The van der Waals surface area contributed by atoms with E-state index in [2.05, 4.69) is 0 Å². The summed E-state index contributed by atoms with van der Waals surface area (Å²) in [4.78, 5) is 0. The van der Waals surface area contributed by atoms with Crippen molar-refractivity contribution in [3.05, 3.63) is 35.8 Å². The Kier molecular flexibility index (Phi) is 3.67. The molecule has 1 aromatic heterocycles. The van der Waals surface area contributed by atoms with Crippen LogP contribution in [0.4, 0.5) is 4.39 Å². The lowest BCUT2D eigenvalue weighted by atomic mass is 10.2. The van der Waals surface area contributed by atoms with Crippen LogP contribution in [0.1, 0.15) is 26.3 Å². The first-order chi connectivity index (χ1) is 8.85. The number of hydrogen-bond acceptors (Lipinski definition) is 2. The normalized spacial score (nSPS) is 12.5. The van der Waals surface area contributed by atoms with Crippen LogP contribution in [0.15, 0.2) is 24.4 Å². The molecule has 0 aliphatic heterocycles. The second kappa shape index (κ2) is 4.96. The quantitative estimate of drug-likeness (QED) is 0.864. The van der Waals surface area contributed by atoms with Gasteiger partial charge in [-0.3, -0.25) is 0 Å². The molecule has 1 aromatic carbocycles. The molecule has 0 aliphatic carbocycles. The van der Waals surface area contributed by atoms with Crippen LogP contribution in [-0.4, -0.2) is 18.2 Å². The average Bonchev–Trinajstić information content (AvgIpc) is 2.66. The molecule has 0 N–H and O–H groups in total. The number of sulfone groups is 1. The third-order valence-corrected chi connectivity index (χ3v) is 5.49. The smallest absolute Gasteiger partial charge is 0.156 e. The van der Waals surface area contributed by atoms with Crippen molar-refractivity contribution in [3.8, 4) is 0 Å². The molecule has 3 nitrogen and oxygen atoms in total. The number of nitrogens with zero attached hydrogens (tertiary/aromatic N) is 1. The van der Waals surface area contributed by atoms with Gasteiger partial charge in [0.15, 0.2) is 9.84 Å². The zero-order valence-electron chi connectivity index (χ0n) is 11.4. The van der Waals surface area contributed by atoms with Crippen molar-refractivity contribution >= 4 is 20.7 Å². The molecule has 0 spiro atoms. The van der Waals surface area contributed by atoms with Crippen molar-refractivity contribution in [1.82, 2.24) is 4.57 Å². The fourth-order valence-electron chi connectivity index (χ4n) is 2.10. The molecule has 19 heavy (non-hydrogen) atoms. The molecule has 0 radical (unpaired) electrons. The predicted octanol–water partition coefficient (Wildman–Crippen LogP) is 3.12. The summed E-state index contributed by atoms with van der Waals surface area (Å²) in [5.74, 6) is -0.387. The summed E-state index contributed by atoms with van der Waals surface area (Å²) >= 11 is 0. The Labute approximate surface area is 113 Å². The van der Waals surface area contributed by atoms with E-state index >= 15 is 0 Å². The van der Waals surface area contributed by atoms with Crippen molar-refractivity contribution < 1.29 is 12.8 Å². The van der Waals surface area contributed by atoms with Gasteiger partial charge in [0.05, 0.1) is 11.0 Å². The number of halogens is 1. The minimum Gasteiger partial charge on any atom is -0.347 e. The van der Waals surface area contributed by atoms with Crippen molar-refractivity contribution in [2.24, 2.45) is 0 Å². The van der Waals surface area contributed by atoms with E-state index in [1.54, 1.807) is 19.9 Å². The molecule has 104 valence electrons. The molecule has 5 heteroatoms. The first kappa shape index (κ1) is 14.1. The van der Waals surface area contributed by atoms with Crippen molar-refractivity contribution in [2.75, 3.05) is 0 Å². The number of fused-ring (bicyclic) bond motifs is 1. The monoisotopic (exact) mass is 283 g/mol. The molecule has 0 fully saturated rings. The standard InChI is InChI=1S/C14H18FNO2S/c1-4-16-8-11(9-19(17,18)10(2)3)13-7-12(15)5-6-14(13)16/h5-8,10H,4,9H2,1-3H3. The minimum atomic E-state index is -3.19. The maximum absolute atomic E-state index is 13.4. The first-order valence-corrected chi connectivity index (χ1v) is 8.05. The maximum Gasteiger partial charge on any atom is 0.156 e. The van der Waals surface area contributed by atoms with E-state index in [9.17, 15) is 12.8 Å². The summed E-state index contributed by atoms with van der Waals surface area (Å²) < 4.78 is 39.4. The van der Waals surface area contributed by atoms with Crippen LogP contribution in [0.2, 0.25) is 0 Å². The first-order valence-electron chi connectivity index (χ1n) is 6.34. The van der Waals surface area contributed by atoms with E-state index in [1.807, 2.05) is 17.7 Å². The van der Waals surface area contributed by atoms with E-state index in [-0.39, 0.29) is 11.6 Å². The van der Waals surface area contributed by atoms with Gasteiger partial charge in [-0.15, -0.1) is 0 Å². The summed E-state index contributed by atoms with van der Waals surface area (Å²) in [5.41, 5.74) is 1.54. The minimum absolute atomic E-state index is 0.0440. The number of aryl methyl sites for hydroxylation is 1. The lowest BCUT2D eigenvalue weighted by Gasteiger charge is -2.06. The van der Waals surface area contributed by atoms with E-state index < -0.39 is 15.1 Å². The Morgan fingerprint density at radius 1 is 1.32 bits per heavy atom. The largest absolute Gasteiger partial charge is 0.347 e. The molecule has 0 saturated carbocycles. The molecule has 0 saturated heterocycles. The van der Waals surface area contributed by atoms with Gasteiger partial charge in [0.1, 0.15) is 5.82 Å². The Morgan fingerprint density at radius 3 is 2.58 bits per heavy atom. The highest BCUT2D eigenvalue weighted by atomic mass is 32.2. The van der Waals surface area contributed by atoms with Crippen LogP contribution in [0, 0.1) is 5.82 Å². The van der Waals surface area contributed by atoms with Gasteiger partial charge in [-0.2, -0.15) is 0 Å². The molecule has 2 aromatic rings. The molecule has 2 rings (SSSR count). The highest BCUT2D eigenvalue weighted by Crippen LogP contribution is 2.25. The molecule has 1 heterocycles. The number of benzene rings is 1. The average molecular weight is 283 g/mol. The Balaban J connectivity index is 2.58. The van der Waals surface area contributed by atoms with Gasteiger partial charge in [0, 0.05) is 23.6 Å². The molecule has 0 aliphatic rings. The fourth-order valence-corrected chi connectivity index (χ4v) is 3.10. The Hall–Kier alpha value is -1.36. The van der Waals surface area contributed by atoms with E-state index in [0.29, 0.717) is 10.9 Å². The highest BCUT2D eigenvalue weighted by molar-refractivity contribution is 7.91. The second-order valence-electron chi connectivity index (χ2n) is 4.96. The van der Waals surface area contributed by atoms with Crippen molar-refractivity contribution in [3.63, 3.8) is 0 Å². The molecule has 0 bridgehead atoms. The molecule has 0 amide bonds. The summed E-state index contributed by atoms with van der Waals surface area (Å²) in [6.45, 7) is 6.03. The lowest BCUT2D eigenvalue weighted by Crippen LogP contribution is -2.15. The molecular formula is C14H18FNO2S. The van der Waals surface area contributed by atoms with Gasteiger partial charge in [-0.1, -0.05) is 0 Å². The zero-order chi connectivity index (χ0) is 14.2. The molecule has 0 atom stereocenters. The number of hydrogen-bond donors (Lipinski definition) is 0. The Morgan fingerprint density at radius 2 is 2.00 bits per heavy atom. The fraction of sp³-hybridized carbons (Fsp3) is 0.429. The van der Waals surface area contributed by atoms with Gasteiger partial charge in [-0.25, -0.2) is 12.8 Å². The van der Waals surface area contributed by atoms with Crippen molar-refractivity contribution in [2.45, 2.75) is 38.3 Å². The van der Waals surface area contributed by atoms with Crippen LogP contribution >= 0.6 is 0 Å². The summed E-state index contributed by atoms with van der Waals surface area (Å²) in [6, 6.07) is 4.50. The summed E-state index contributed by atoms with van der Waals surface area (Å²) in [5, 5.41) is 0.257. The third-order valence-electron chi connectivity index (χ3n) is 3.34. The van der Waals surface area contributed by atoms with Crippen LogP contribution < -0.4 is 0 Å². The Bertz CT molecular complexity index is 702. The molecular weight excluding hydrogens is 265 g/mol. The highest BCUT2D eigenvalue weighted by Gasteiger charge is 2.20. The summed E-state index contributed by atoms with van der Waals surface area (Å²) in [6.07, 6.45) is 1.81. The van der Waals surface area contributed by atoms with Gasteiger partial charge >= 0.3 is 0 Å². The van der Waals surface area contributed by atoms with Gasteiger partial charge in [-0.05, 0) is 44.5 Å². The predicted molar refractivity (Wildman–Crippen MR) is 75.3 cm³/mol. The van der Waals surface area contributed by atoms with Crippen LogP contribution in [-0.2, 0) is 22.1 Å². The number of rotatable bonds is 4. The topological polar surface area (TPSA) is 39.1 Å². The van der Waals surface area contributed by atoms with Crippen LogP contribution in [0.25, 0.3) is 10.9 Å². The molecule has 0 unspecified atom stereocenters. The third kappa shape index (κ3) is 2.66. The van der Waals surface area contributed by atoms with Crippen LogP contribution in [0.5, 0.6) is 0 Å². The van der Waals surface area contributed by atoms with Crippen LogP contribution in [0.3, 0.4) is 0 Å². The van der Waals surface area contributed by atoms with Gasteiger partial charge < -0.3 is 4.57 Å². The SMILES string of the molecule is CCn1cc(CS(=O)(=O)C(C)C)c2cc(F)ccc21. The van der Waals surface area contributed by atoms with E-state index in [0.717, 1.165) is 12.1 Å². The lowest BCUT2D eigenvalue weighted by molar-refractivity contribution is 0.586. The van der Waals surface area contributed by atoms with Crippen molar-refractivity contribution in [1.29, 1.82) is 0 Å². The number of aromatic nitrogens is 1. The van der Waals surface area contributed by atoms with E-state index in [1.165, 1.54) is 12.1 Å². The summed E-state index contributed by atoms with van der Waals surface area (Å²) in [7, 11) is -3.19. The second-order valence-corrected chi connectivity index (χ2v) is 7.51. The zero-order valence-corrected chi connectivity index (χ0v) is 12.2. The van der Waals surface area contributed by atoms with E-state index in [4.69, 9.17) is 0 Å². The maximum atomic E-state index is 13.4. The van der Waals surface area contributed by atoms with Gasteiger partial charge in [0.25, 0.3) is 0 Å².